The molecular weight excluding hydrogens is 267 g/mol. The van der Waals surface area contributed by atoms with Gasteiger partial charge >= 0.3 is 0 Å². The molecule has 1 aromatic carbocycles. The number of benzene rings is 1. The van der Waals surface area contributed by atoms with E-state index in [4.69, 9.17) is 5.11 Å². The molecule has 0 aliphatic carbocycles. The molecule has 1 amide bonds. The van der Waals surface area contributed by atoms with Gasteiger partial charge in [0.15, 0.2) is 0 Å². The lowest BCUT2D eigenvalue weighted by molar-refractivity contribution is -0.385. The van der Waals surface area contributed by atoms with E-state index in [0.717, 1.165) is 43.9 Å². The lowest BCUT2D eigenvalue weighted by Gasteiger charge is -2.06. The maximum Gasteiger partial charge on any atom is 0.272 e. The molecule has 1 rings (SSSR count). The molecule has 7 heteroatoms. The average molecular weight is 284 g/mol. The van der Waals surface area contributed by atoms with Crippen molar-refractivity contribution in [3.8, 4) is 0 Å². The molecule has 0 aliphatic rings. The molecule has 1 aromatic rings. The van der Waals surface area contributed by atoms with Gasteiger partial charge in [0.1, 0.15) is 5.82 Å². The number of hydrogen-bond acceptors (Lipinski definition) is 4. The zero-order valence-electron chi connectivity index (χ0n) is 11.0. The number of rotatable bonds is 8. The molecule has 0 spiro atoms. The molecule has 20 heavy (non-hydrogen) atoms. The molecule has 0 aliphatic heterocycles. The number of aliphatic hydroxyl groups excluding tert-OH is 1. The molecule has 0 heterocycles. The monoisotopic (exact) mass is 284 g/mol. The summed E-state index contributed by atoms with van der Waals surface area (Å²) in [4.78, 5) is 21.4. The summed E-state index contributed by atoms with van der Waals surface area (Å²) in [7, 11) is 0. The first-order valence-corrected chi connectivity index (χ1v) is 6.39. The molecule has 0 radical (unpaired) electrons. The second-order valence-electron chi connectivity index (χ2n) is 4.31. The largest absolute Gasteiger partial charge is 0.396 e. The highest BCUT2D eigenvalue weighted by atomic mass is 19.1. The first-order valence-electron chi connectivity index (χ1n) is 6.39. The van der Waals surface area contributed by atoms with Crippen molar-refractivity contribution in [2.24, 2.45) is 0 Å². The minimum absolute atomic E-state index is 0.153. The zero-order valence-corrected chi connectivity index (χ0v) is 11.0. The molecule has 0 fully saturated rings. The summed E-state index contributed by atoms with van der Waals surface area (Å²) in [6, 6.07) is 2.93. The van der Waals surface area contributed by atoms with E-state index in [2.05, 4.69) is 5.32 Å². The maximum atomic E-state index is 13.5. The third kappa shape index (κ3) is 4.93. The summed E-state index contributed by atoms with van der Waals surface area (Å²) in [5.41, 5.74) is -0.589. The fourth-order valence-electron chi connectivity index (χ4n) is 1.69. The number of hydrogen-bond donors (Lipinski definition) is 2. The smallest absolute Gasteiger partial charge is 0.272 e. The summed E-state index contributed by atoms with van der Waals surface area (Å²) in [5, 5.41) is 21.6. The van der Waals surface area contributed by atoms with Gasteiger partial charge in [-0.1, -0.05) is 12.8 Å². The van der Waals surface area contributed by atoms with Crippen LogP contribution in [0.15, 0.2) is 18.2 Å². The highest BCUT2D eigenvalue weighted by Crippen LogP contribution is 2.16. The van der Waals surface area contributed by atoms with Gasteiger partial charge in [-0.3, -0.25) is 14.9 Å². The molecule has 0 saturated heterocycles. The molecule has 2 N–H and O–H groups in total. The van der Waals surface area contributed by atoms with Crippen molar-refractivity contribution in [3.05, 3.63) is 39.7 Å². The van der Waals surface area contributed by atoms with Crippen LogP contribution in [0, 0.1) is 15.9 Å². The Labute approximate surface area is 115 Å². The van der Waals surface area contributed by atoms with Gasteiger partial charge < -0.3 is 10.4 Å². The normalized spacial score (nSPS) is 10.3. The summed E-state index contributed by atoms with van der Waals surface area (Å²) < 4.78 is 13.5. The molecule has 110 valence electrons. The second kappa shape index (κ2) is 8.21. The van der Waals surface area contributed by atoms with Gasteiger partial charge in [-0.25, -0.2) is 4.39 Å². The number of amides is 1. The van der Waals surface area contributed by atoms with E-state index in [-0.39, 0.29) is 17.9 Å². The Morgan fingerprint density at radius 1 is 1.30 bits per heavy atom. The number of unbranched alkanes of at least 4 members (excludes halogenated alkanes) is 3. The van der Waals surface area contributed by atoms with Crippen LogP contribution in [0.4, 0.5) is 10.1 Å². The van der Waals surface area contributed by atoms with Gasteiger partial charge in [0.25, 0.3) is 11.6 Å². The number of halogens is 1. The number of carbonyl (C=O) groups is 1. The summed E-state index contributed by atoms with van der Waals surface area (Å²) in [6.45, 7) is 0.557. The first-order chi connectivity index (χ1) is 9.56. The van der Waals surface area contributed by atoms with Crippen molar-refractivity contribution in [1.82, 2.24) is 5.32 Å². The third-order valence-corrected chi connectivity index (χ3v) is 2.78. The van der Waals surface area contributed by atoms with E-state index in [9.17, 15) is 19.3 Å². The van der Waals surface area contributed by atoms with Crippen molar-refractivity contribution >= 4 is 11.6 Å². The van der Waals surface area contributed by atoms with Crippen molar-refractivity contribution in [2.75, 3.05) is 13.2 Å². The van der Waals surface area contributed by atoms with Gasteiger partial charge in [0, 0.05) is 19.2 Å². The number of carbonyl (C=O) groups excluding carboxylic acids is 1. The third-order valence-electron chi connectivity index (χ3n) is 2.78. The Morgan fingerprint density at radius 3 is 2.60 bits per heavy atom. The van der Waals surface area contributed by atoms with Crippen LogP contribution in [0.25, 0.3) is 0 Å². The number of non-ortho nitro benzene ring substituents is 1. The van der Waals surface area contributed by atoms with Gasteiger partial charge in [0.05, 0.1) is 16.6 Å². The van der Waals surface area contributed by atoms with Gasteiger partial charge in [-0.2, -0.15) is 0 Å². The van der Waals surface area contributed by atoms with Crippen molar-refractivity contribution < 1.29 is 19.2 Å². The Balaban J connectivity index is 2.45. The zero-order chi connectivity index (χ0) is 15.0. The highest BCUT2D eigenvalue weighted by Gasteiger charge is 2.15. The van der Waals surface area contributed by atoms with E-state index in [1.807, 2.05) is 0 Å². The molecule has 0 unspecified atom stereocenters. The Hall–Kier alpha value is -2.02. The highest BCUT2D eigenvalue weighted by molar-refractivity contribution is 5.94. The Kier molecular flexibility index (Phi) is 6.58. The topological polar surface area (TPSA) is 92.5 Å². The van der Waals surface area contributed by atoms with Crippen LogP contribution < -0.4 is 5.32 Å². The summed E-state index contributed by atoms with van der Waals surface area (Å²) in [6.07, 6.45) is 3.20. The van der Waals surface area contributed by atoms with E-state index in [0.29, 0.717) is 6.54 Å². The van der Waals surface area contributed by atoms with Crippen molar-refractivity contribution in [2.45, 2.75) is 25.7 Å². The minimum atomic E-state index is -0.906. The van der Waals surface area contributed by atoms with E-state index in [1.165, 1.54) is 0 Å². The van der Waals surface area contributed by atoms with E-state index < -0.39 is 16.6 Å². The quantitative estimate of drug-likeness (QED) is 0.434. The maximum absolute atomic E-state index is 13.5. The Bertz CT molecular complexity index is 479. The molecule has 0 bridgehead atoms. The van der Waals surface area contributed by atoms with E-state index in [1.54, 1.807) is 0 Å². The fourth-order valence-corrected chi connectivity index (χ4v) is 1.69. The van der Waals surface area contributed by atoms with Crippen LogP contribution in [-0.4, -0.2) is 29.1 Å². The average Bonchev–Trinajstić information content (AvgIpc) is 2.42. The summed E-state index contributed by atoms with van der Waals surface area (Å²) >= 11 is 0. The standard InChI is InChI=1S/C13H17FN2O4/c14-12-9-10(16(19)20)5-6-11(12)13(18)15-7-3-1-2-4-8-17/h5-6,9,17H,1-4,7-8H2,(H,15,18). The van der Waals surface area contributed by atoms with Gasteiger partial charge in [-0.05, 0) is 18.9 Å². The predicted octanol–water partition coefficient (Wildman–Crippen LogP) is 2.02. The SMILES string of the molecule is O=C(NCCCCCCO)c1ccc([N+](=O)[O-])cc1F. The van der Waals surface area contributed by atoms with Crippen LogP contribution in [0.3, 0.4) is 0 Å². The van der Waals surface area contributed by atoms with Gasteiger partial charge in [-0.15, -0.1) is 0 Å². The van der Waals surface area contributed by atoms with Crippen LogP contribution in [-0.2, 0) is 0 Å². The molecule has 0 saturated carbocycles. The van der Waals surface area contributed by atoms with Crippen LogP contribution >= 0.6 is 0 Å². The van der Waals surface area contributed by atoms with Crippen molar-refractivity contribution in [1.29, 1.82) is 0 Å². The molecule has 6 nitrogen and oxygen atoms in total. The number of nitro groups is 1. The number of aliphatic hydroxyl groups is 1. The Morgan fingerprint density at radius 2 is 2.00 bits per heavy atom. The lowest BCUT2D eigenvalue weighted by atomic mass is 10.1. The fraction of sp³-hybridized carbons (Fsp3) is 0.462. The second-order valence-corrected chi connectivity index (χ2v) is 4.31. The number of nitrogens with one attached hydrogen (secondary N) is 1. The van der Waals surface area contributed by atoms with Crippen LogP contribution in [0.5, 0.6) is 0 Å². The minimum Gasteiger partial charge on any atom is -0.396 e. The van der Waals surface area contributed by atoms with Crippen molar-refractivity contribution in [3.63, 3.8) is 0 Å². The van der Waals surface area contributed by atoms with Crippen LogP contribution in [0.1, 0.15) is 36.0 Å². The van der Waals surface area contributed by atoms with Crippen LogP contribution in [0.2, 0.25) is 0 Å². The molecule has 0 atom stereocenters. The number of nitro benzene ring substituents is 1. The lowest BCUT2D eigenvalue weighted by Crippen LogP contribution is -2.25. The van der Waals surface area contributed by atoms with E-state index >= 15 is 0 Å². The molecular formula is C13H17FN2O4. The first kappa shape index (κ1) is 16.0. The molecule has 0 aromatic heterocycles. The summed E-state index contributed by atoms with van der Waals surface area (Å²) in [5.74, 6) is -1.49. The van der Waals surface area contributed by atoms with Gasteiger partial charge in [0.2, 0.25) is 0 Å². The number of nitrogens with zero attached hydrogens (tertiary/aromatic N) is 1. The predicted molar refractivity (Wildman–Crippen MR) is 70.9 cm³/mol.